The zero-order valence-corrected chi connectivity index (χ0v) is 15.3. The normalized spacial score (nSPS) is 17.3. The second-order valence-corrected chi connectivity index (χ2v) is 8.30. The Bertz CT molecular complexity index is 636. The molecule has 1 aromatic carbocycles. The molecule has 0 spiro atoms. The van der Waals surface area contributed by atoms with Gasteiger partial charge in [-0.15, -0.1) is 0 Å². The van der Waals surface area contributed by atoms with Crippen LogP contribution in [0.15, 0.2) is 17.2 Å². The zero-order valence-electron chi connectivity index (χ0n) is 14.5. The Kier molecular flexibility index (Phi) is 4.35. The standard InChI is InChI=1S/C18H27N3S/c1-11(20-21-16(19)22)14-9-12(17(2,3)4)10-15-13(14)7-8-18(15,5)6/h9-10H,7-8H2,1-6H3,(H3,19,21,22)/b20-11+. The van der Waals surface area contributed by atoms with E-state index in [0.717, 1.165) is 12.1 Å². The smallest absolute Gasteiger partial charge is 0.184 e. The Labute approximate surface area is 139 Å². The Balaban J connectivity index is 2.61. The summed E-state index contributed by atoms with van der Waals surface area (Å²) in [5.41, 5.74) is 14.9. The van der Waals surface area contributed by atoms with Gasteiger partial charge in [-0.05, 0) is 65.6 Å². The van der Waals surface area contributed by atoms with Crippen LogP contribution in [0.25, 0.3) is 0 Å². The van der Waals surface area contributed by atoms with Gasteiger partial charge in [-0.1, -0.05) is 40.7 Å². The van der Waals surface area contributed by atoms with Crippen molar-refractivity contribution in [2.75, 3.05) is 0 Å². The number of benzene rings is 1. The number of hydrogen-bond acceptors (Lipinski definition) is 2. The molecule has 4 heteroatoms. The SMILES string of the molecule is C/C(=N\NC(N)=S)c1cc(C(C)(C)C)cc2c1CCC2(C)C. The largest absolute Gasteiger partial charge is 0.375 e. The van der Waals surface area contributed by atoms with Crippen molar-refractivity contribution in [3.63, 3.8) is 0 Å². The Hall–Kier alpha value is -1.42. The first-order valence-corrected chi connectivity index (χ1v) is 8.21. The van der Waals surface area contributed by atoms with E-state index in [0.29, 0.717) is 0 Å². The molecule has 1 aliphatic carbocycles. The van der Waals surface area contributed by atoms with Crippen LogP contribution >= 0.6 is 12.2 Å². The van der Waals surface area contributed by atoms with Crippen molar-refractivity contribution >= 4 is 23.0 Å². The van der Waals surface area contributed by atoms with Crippen LogP contribution in [0.2, 0.25) is 0 Å². The summed E-state index contributed by atoms with van der Waals surface area (Å²) in [6.45, 7) is 13.4. The van der Waals surface area contributed by atoms with Crippen LogP contribution in [-0.2, 0) is 17.3 Å². The Morgan fingerprint density at radius 3 is 2.50 bits per heavy atom. The molecular weight excluding hydrogens is 290 g/mol. The molecule has 0 unspecified atom stereocenters. The van der Waals surface area contributed by atoms with Gasteiger partial charge in [0.1, 0.15) is 0 Å². The predicted molar refractivity (Wildman–Crippen MR) is 98.6 cm³/mol. The van der Waals surface area contributed by atoms with Crippen LogP contribution in [0.4, 0.5) is 0 Å². The molecule has 0 saturated heterocycles. The van der Waals surface area contributed by atoms with Gasteiger partial charge in [-0.2, -0.15) is 5.10 Å². The number of fused-ring (bicyclic) bond motifs is 1. The highest BCUT2D eigenvalue weighted by Crippen LogP contribution is 2.42. The van der Waals surface area contributed by atoms with Crippen molar-refractivity contribution < 1.29 is 0 Å². The van der Waals surface area contributed by atoms with E-state index in [-0.39, 0.29) is 15.9 Å². The van der Waals surface area contributed by atoms with Crippen molar-refractivity contribution in [3.05, 3.63) is 34.4 Å². The Morgan fingerprint density at radius 2 is 1.95 bits per heavy atom. The number of nitrogens with two attached hydrogens (primary N) is 1. The highest BCUT2D eigenvalue weighted by atomic mass is 32.1. The van der Waals surface area contributed by atoms with Gasteiger partial charge in [0, 0.05) is 5.56 Å². The molecule has 0 aliphatic heterocycles. The van der Waals surface area contributed by atoms with Crippen LogP contribution in [0.5, 0.6) is 0 Å². The number of thiocarbonyl (C=S) groups is 1. The molecule has 0 saturated carbocycles. The van der Waals surface area contributed by atoms with Crippen LogP contribution in [0, 0.1) is 0 Å². The van der Waals surface area contributed by atoms with Gasteiger partial charge in [0.2, 0.25) is 0 Å². The van der Waals surface area contributed by atoms with E-state index >= 15 is 0 Å². The molecule has 1 aliphatic rings. The van der Waals surface area contributed by atoms with E-state index in [4.69, 9.17) is 18.0 Å². The summed E-state index contributed by atoms with van der Waals surface area (Å²) in [7, 11) is 0. The van der Waals surface area contributed by atoms with Crippen molar-refractivity contribution in [1.29, 1.82) is 0 Å². The number of hydrazone groups is 1. The summed E-state index contributed by atoms with van der Waals surface area (Å²) in [5, 5.41) is 4.54. The summed E-state index contributed by atoms with van der Waals surface area (Å²) in [6.07, 6.45) is 2.28. The van der Waals surface area contributed by atoms with E-state index in [2.05, 4.69) is 57.3 Å². The quantitative estimate of drug-likeness (QED) is 0.496. The lowest BCUT2D eigenvalue weighted by Gasteiger charge is -2.26. The third-order valence-electron chi connectivity index (χ3n) is 4.57. The van der Waals surface area contributed by atoms with Crippen molar-refractivity contribution in [2.24, 2.45) is 10.8 Å². The van der Waals surface area contributed by atoms with Gasteiger partial charge >= 0.3 is 0 Å². The van der Waals surface area contributed by atoms with Crippen LogP contribution in [0.3, 0.4) is 0 Å². The fourth-order valence-electron chi connectivity index (χ4n) is 3.07. The van der Waals surface area contributed by atoms with Crippen molar-refractivity contribution in [1.82, 2.24) is 5.43 Å². The van der Waals surface area contributed by atoms with E-state index in [1.165, 1.54) is 28.7 Å². The van der Waals surface area contributed by atoms with Gasteiger partial charge in [-0.25, -0.2) is 0 Å². The van der Waals surface area contributed by atoms with Crippen molar-refractivity contribution in [3.8, 4) is 0 Å². The van der Waals surface area contributed by atoms with E-state index < -0.39 is 0 Å². The van der Waals surface area contributed by atoms with Gasteiger partial charge in [-0.3, -0.25) is 5.43 Å². The monoisotopic (exact) mass is 317 g/mol. The highest BCUT2D eigenvalue weighted by molar-refractivity contribution is 7.80. The van der Waals surface area contributed by atoms with Gasteiger partial charge in [0.15, 0.2) is 5.11 Å². The fourth-order valence-corrected chi connectivity index (χ4v) is 3.12. The molecule has 2 rings (SSSR count). The molecular formula is C18H27N3S. The van der Waals surface area contributed by atoms with Crippen LogP contribution in [0.1, 0.15) is 70.2 Å². The van der Waals surface area contributed by atoms with Crippen LogP contribution in [-0.4, -0.2) is 10.8 Å². The molecule has 0 aromatic heterocycles. The average molecular weight is 318 g/mol. The third-order valence-corrected chi connectivity index (χ3v) is 4.66. The lowest BCUT2D eigenvalue weighted by molar-refractivity contribution is 0.519. The van der Waals surface area contributed by atoms with Crippen molar-refractivity contribution in [2.45, 2.75) is 65.2 Å². The fraction of sp³-hybridized carbons (Fsp3) is 0.556. The molecule has 0 amide bonds. The molecule has 0 fully saturated rings. The molecule has 0 atom stereocenters. The molecule has 22 heavy (non-hydrogen) atoms. The average Bonchev–Trinajstić information content (AvgIpc) is 2.70. The van der Waals surface area contributed by atoms with E-state index in [1.807, 2.05) is 6.92 Å². The minimum Gasteiger partial charge on any atom is -0.375 e. The number of nitrogens with zero attached hydrogens (tertiary/aromatic N) is 1. The molecule has 1 aromatic rings. The van der Waals surface area contributed by atoms with Gasteiger partial charge in [0.25, 0.3) is 0 Å². The molecule has 3 nitrogen and oxygen atoms in total. The first-order chi connectivity index (χ1) is 10.0. The maximum atomic E-state index is 5.49. The summed E-state index contributed by atoms with van der Waals surface area (Å²) in [6, 6.07) is 4.67. The number of nitrogens with one attached hydrogen (secondary N) is 1. The predicted octanol–water partition coefficient (Wildman–Crippen LogP) is 3.77. The number of hydrogen-bond donors (Lipinski definition) is 2. The molecule has 0 heterocycles. The van der Waals surface area contributed by atoms with E-state index in [9.17, 15) is 0 Å². The third kappa shape index (κ3) is 3.32. The Morgan fingerprint density at radius 1 is 1.32 bits per heavy atom. The second kappa shape index (κ2) is 5.65. The minimum atomic E-state index is 0.110. The maximum absolute atomic E-state index is 5.49. The second-order valence-electron chi connectivity index (χ2n) is 7.86. The van der Waals surface area contributed by atoms with Gasteiger partial charge < -0.3 is 5.73 Å². The summed E-state index contributed by atoms with van der Waals surface area (Å²) in [4.78, 5) is 0. The summed E-state index contributed by atoms with van der Waals surface area (Å²) < 4.78 is 0. The maximum Gasteiger partial charge on any atom is 0.184 e. The zero-order chi connectivity index (χ0) is 16.7. The molecule has 0 bridgehead atoms. The first kappa shape index (κ1) is 16.9. The minimum absolute atomic E-state index is 0.110. The van der Waals surface area contributed by atoms with Crippen LogP contribution < -0.4 is 11.2 Å². The van der Waals surface area contributed by atoms with Gasteiger partial charge in [0.05, 0.1) is 5.71 Å². The molecule has 120 valence electrons. The lowest BCUT2D eigenvalue weighted by atomic mass is 9.79. The number of rotatable bonds is 2. The molecule has 0 radical (unpaired) electrons. The first-order valence-electron chi connectivity index (χ1n) is 7.80. The summed E-state index contributed by atoms with van der Waals surface area (Å²) >= 11 is 4.84. The topological polar surface area (TPSA) is 50.4 Å². The highest BCUT2D eigenvalue weighted by Gasteiger charge is 2.33. The van der Waals surface area contributed by atoms with E-state index in [1.54, 1.807) is 0 Å². The summed E-state index contributed by atoms with van der Waals surface area (Å²) in [5.74, 6) is 0. The lowest BCUT2D eigenvalue weighted by Crippen LogP contribution is -2.25. The molecule has 3 N–H and O–H groups in total.